The molecule has 4 nitrogen and oxygen atoms in total. The molecule has 4 heteroatoms. The quantitative estimate of drug-likeness (QED) is 0.805. The number of hydrogen-bond donors (Lipinski definition) is 2. The Hall–Kier alpha value is -1.26. The molecule has 3 atom stereocenters. The third-order valence-electron chi connectivity index (χ3n) is 6.79. The normalized spacial score (nSPS) is 35.2. The number of piperazine rings is 1. The van der Waals surface area contributed by atoms with Gasteiger partial charge < -0.3 is 19.3 Å². The molecule has 0 unspecified atom stereocenters. The number of hydrogen-bond acceptors (Lipinski definition) is 2. The molecule has 2 N–H and O–H groups in total. The first-order valence-corrected chi connectivity index (χ1v) is 9.66. The van der Waals surface area contributed by atoms with Gasteiger partial charge >= 0.3 is 0 Å². The van der Waals surface area contributed by atoms with Crippen LogP contribution in [0.5, 0.6) is 11.5 Å². The van der Waals surface area contributed by atoms with Gasteiger partial charge in [0.1, 0.15) is 44.2 Å². The third kappa shape index (κ3) is 3.14. The van der Waals surface area contributed by atoms with Gasteiger partial charge in [-0.2, -0.15) is 0 Å². The van der Waals surface area contributed by atoms with Crippen LogP contribution in [0.4, 0.5) is 0 Å². The molecule has 3 fully saturated rings. The number of methoxy groups -OCH3 is 2. The van der Waals surface area contributed by atoms with E-state index in [9.17, 15) is 0 Å². The molecule has 4 rings (SSSR count). The molecule has 1 aliphatic heterocycles. The number of nitrogens with one attached hydrogen (secondary N) is 2. The monoisotopic (exact) mass is 332 g/mol. The molecule has 2 bridgehead atoms. The Morgan fingerprint density at radius 3 is 2.46 bits per heavy atom. The average Bonchev–Trinajstić information content (AvgIpc) is 3.25. The highest BCUT2D eigenvalue weighted by molar-refractivity contribution is 5.39. The van der Waals surface area contributed by atoms with Crippen LogP contribution in [0.3, 0.4) is 0 Å². The van der Waals surface area contributed by atoms with E-state index in [1.54, 1.807) is 19.1 Å². The second kappa shape index (κ2) is 6.93. The predicted octanol–water partition coefficient (Wildman–Crippen LogP) is 0.176. The molecule has 24 heavy (non-hydrogen) atoms. The van der Waals surface area contributed by atoms with Gasteiger partial charge in [0, 0.05) is 12.3 Å². The Morgan fingerprint density at radius 1 is 1.00 bits per heavy atom. The van der Waals surface area contributed by atoms with Crippen LogP contribution in [-0.2, 0) is 6.54 Å². The summed E-state index contributed by atoms with van der Waals surface area (Å²) in [5.74, 6) is 4.03. The van der Waals surface area contributed by atoms with Gasteiger partial charge in [-0.25, -0.2) is 0 Å². The van der Waals surface area contributed by atoms with Crippen molar-refractivity contribution < 1.29 is 19.3 Å². The van der Waals surface area contributed by atoms with Gasteiger partial charge in [0.05, 0.1) is 25.8 Å². The largest absolute Gasteiger partial charge is 0.497 e. The summed E-state index contributed by atoms with van der Waals surface area (Å²) < 4.78 is 10.9. The molecule has 1 heterocycles. The van der Waals surface area contributed by atoms with Gasteiger partial charge in [0.2, 0.25) is 0 Å². The van der Waals surface area contributed by atoms with Crippen LogP contribution in [0.15, 0.2) is 18.2 Å². The molecular weight excluding hydrogens is 300 g/mol. The summed E-state index contributed by atoms with van der Waals surface area (Å²) in [7, 11) is 3.49. The Bertz CT molecular complexity index is 569. The third-order valence-corrected chi connectivity index (χ3v) is 6.79. The number of ether oxygens (including phenoxy) is 2. The van der Waals surface area contributed by atoms with E-state index in [0.717, 1.165) is 35.9 Å². The van der Waals surface area contributed by atoms with Crippen molar-refractivity contribution in [2.24, 2.45) is 11.8 Å². The standard InChI is InChI=1S/C20H30N2O2/c1-23-18-5-6-20(24-2)17(13-18)14-21-7-9-22(10-8-21)19-12-15-3-4-16(19)11-15/h5-6,13,15-16,19H,3-4,7-12,14H2,1-2H3/p+2/t15-,16+,19-/m0/s1. The van der Waals surface area contributed by atoms with Gasteiger partial charge in [0.25, 0.3) is 0 Å². The average molecular weight is 332 g/mol. The Balaban J connectivity index is 1.35. The lowest BCUT2D eigenvalue weighted by molar-refractivity contribution is -1.03. The lowest BCUT2D eigenvalue weighted by atomic mass is 9.93. The summed E-state index contributed by atoms with van der Waals surface area (Å²) in [6, 6.07) is 7.14. The van der Waals surface area contributed by atoms with Crippen molar-refractivity contribution in [2.75, 3.05) is 40.4 Å². The second-order valence-electron chi connectivity index (χ2n) is 8.04. The molecule has 0 amide bonds. The Kier molecular flexibility index (Phi) is 4.68. The van der Waals surface area contributed by atoms with Gasteiger partial charge in [-0.15, -0.1) is 0 Å². The van der Waals surface area contributed by atoms with E-state index in [4.69, 9.17) is 9.47 Å². The number of rotatable bonds is 5. The van der Waals surface area contributed by atoms with Crippen LogP contribution < -0.4 is 19.3 Å². The van der Waals surface area contributed by atoms with Crippen LogP contribution >= 0.6 is 0 Å². The van der Waals surface area contributed by atoms with Crippen molar-refractivity contribution in [3.05, 3.63) is 23.8 Å². The van der Waals surface area contributed by atoms with Gasteiger partial charge in [-0.3, -0.25) is 0 Å². The van der Waals surface area contributed by atoms with Gasteiger partial charge in [-0.1, -0.05) is 0 Å². The molecule has 3 aliphatic rings. The molecule has 1 saturated heterocycles. The Morgan fingerprint density at radius 2 is 1.83 bits per heavy atom. The molecule has 132 valence electrons. The summed E-state index contributed by atoms with van der Waals surface area (Å²) in [4.78, 5) is 3.59. The zero-order valence-corrected chi connectivity index (χ0v) is 15.1. The fraction of sp³-hybridized carbons (Fsp3) is 0.700. The van der Waals surface area contributed by atoms with Crippen LogP contribution in [0.25, 0.3) is 0 Å². The fourth-order valence-corrected chi connectivity index (χ4v) is 5.51. The number of quaternary nitrogens is 2. The zero-order chi connectivity index (χ0) is 16.5. The van der Waals surface area contributed by atoms with Crippen molar-refractivity contribution in [3.63, 3.8) is 0 Å². The van der Waals surface area contributed by atoms with Crippen molar-refractivity contribution in [2.45, 2.75) is 38.3 Å². The van der Waals surface area contributed by atoms with E-state index in [1.165, 1.54) is 57.4 Å². The first kappa shape index (κ1) is 16.2. The first-order chi connectivity index (χ1) is 11.8. The Labute approximate surface area is 145 Å². The van der Waals surface area contributed by atoms with E-state index >= 15 is 0 Å². The molecule has 2 saturated carbocycles. The summed E-state index contributed by atoms with van der Waals surface area (Å²) in [6.45, 7) is 6.29. The minimum absolute atomic E-state index is 0.927. The molecule has 0 spiro atoms. The minimum atomic E-state index is 0.927. The molecular formula is C20H32N2O2+2. The smallest absolute Gasteiger partial charge is 0.127 e. The zero-order valence-electron chi connectivity index (χ0n) is 15.1. The highest BCUT2D eigenvalue weighted by Gasteiger charge is 2.46. The van der Waals surface area contributed by atoms with Crippen LogP contribution in [0.1, 0.15) is 31.2 Å². The van der Waals surface area contributed by atoms with Gasteiger partial charge in [-0.05, 0) is 43.4 Å². The SMILES string of the molecule is COc1ccc(OC)c(C[NH+]2CC[NH+]([C@H]3C[C@H]4CC[C@@H]3C4)CC2)c1. The van der Waals surface area contributed by atoms with E-state index in [0.29, 0.717) is 0 Å². The number of benzene rings is 1. The summed E-state index contributed by atoms with van der Waals surface area (Å²) in [6.07, 6.45) is 6.07. The highest BCUT2D eigenvalue weighted by atomic mass is 16.5. The van der Waals surface area contributed by atoms with Crippen molar-refractivity contribution in [1.29, 1.82) is 0 Å². The second-order valence-corrected chi connectivity index (χ2v) is 8.04. The van der Waals surface area contributed by atoms with Gasteiger partial charge in [0.15, 0.2) is 0 Å². The van der Waals surface area contributed by atoms with Crippen LogP contribution in [0, 0.1) is 11.8 Å². The molecule has 0 aromatic heterocycles. The lowest BCUT2D eigenvalue weighted by Gasteiger charge is -2.36. The molecule has 1 aromatic carbocycles. The maximum absolute atomic E-state index is 5.55. The molecule has 0 radical (unpaired) electrons. The molecule has 1 aromatic rings. The fourth-order valence-electron chi connectivity index (χ4n) is 5.51. The van der Waals surface area contributed by atoms with Crippen molar-refractivity contribution in [1.82, 2.24) is 0 Å². The van der Waals surface area contributed by atoms with Crippen LogP contribution in [0.2, 0.25) is 0 Å². The minimum Gasteiger partial charge on any atom is -0.497 e. The maximum Gasteiger partial charge on any atom is 0.127 e. The van der Waals surface area contributed by atoms with E-state index < -0.39 is 0 Å². The van der Waals surface area contributed by atoms with E-state index in [2.05, 4.69) is 6.07 Å². The van der Waals surface area contributed by atoms with Crippen molar-refractivity contribution >= 4 is 0 Å². The topological polar surface area (TPSA) is 27.3 Å². The lowest BCUT2D eigenvalue weighted by Crippen LogP contribution is -3.29. The summed E-state index contributed by atoms with van der Waals surface area (Å²) in [5, 5.41) is 0. The maximum atomic E-state index is 5.55. The van der Waals surface area contributed by atoms with E-state index in [1.807, 2.05) is 17.0 Å². The van der Waals surface area contributed by atoms with E-state index in [-0.39, 0.29) is 0 Å². The first-order valence-electron chi connectivity index (χ1n) is 9.66. The predicted molar refractivity (Wildman–Crippen MR) is 93.9 cm³/mol. The summed E-state index contributed by atoms with van der Waals surface area (Å²) >= 11 is 0. The highest BCUT2D eigenvalue weighted by Crippen LogP contribution is 2.43. The van der Waals surface area contributed by atoms with Crippen molar-refractivity contribution in [3.8, 4) is 11.5 Å². The summed E-state index contributed by atoms with van der Waals surface area (Å²) in [5.41, 5.74) is 1.27. The molecule has 2 aliphatic carbocycles. The van der Waals surface area contributed by atoms with Crippen LogP contribution in [-0.4, -0.2) is 46.4 Å². The number of fused-ring (bicyclic) bond motifs is 2.